The number of benzene rings is 1. The van der Waals surface area contributed by atoms with Crippen molar-refractivity contribution in [3.63, 3.8) is 0 Å². The Balaban J connectivity index is 1.53. The molecule has 0 spiro atoms. The predicted molar refractivity (Wildman–Crippen MR) is 108 cm³/mol. The first-order valence-corrected chi connectivity index (χ1v) is 9.65. The van der Waals surface area contributed by atoms with E-state index in [2.05, 4.69) is 10.4 Å². The van der Waals surface area contributed by atoms with E-state index in [1.165, 1.54) is 10.7 Å². The number of carbonyl (C=O) groups is 1. The lowest BCUT2D eigenvalue weighted by Gasteiger charge is -2.15. The molecule has 7 nitrogen and oxygen atoms in total. The number of methoxy groups -OCH3 is 1. The number of carbonyl (C=O) groups excluding carboxylic acids is 1. The van der Waals surface area contributed by atoms with Crippen LogP contribution >= 0.6 is 11.3 Å². The summed E-state index contributed by atoms with van der Waals surface area (Å²) in [7, 11) is 1.59. The molecule has 0 aliphatic rings. The van der Waals surface area contributed by atoms with Crippen molar-refractivity contribution >= 4 is 17.2 Å². The van der Waals surface area contributed by atoms with Gasteiger partial charge < -0.3 is 14.8 Å². The number of ether oxygens (including phenoxy) is 2. The Kier molecular flexibility index (Phi) is 6.44. The lowest BCUT2D eigenvalue weighted by atomic mass is 10.3. The van der Waals surface area contributed by atoms with Gasteiger partial charge in [0, 0.05) is 12.6 Å². The van der Waals surface area contributed by atoms with Gasteiger partial charge in [-0.3, -0.25) is 9.59 Å². The molecule has 0 aliphatic heterocycles. The van der Waals surface area contributed by atoms with Crippen molar-refractivity contribution in [2.45, 2.75) is 19.6 Å². The van der Waals surface area contributed by atoms with Crippen molar-refractivity contribution in [2.24, 2.45) is 0 Å². The molecule has 2 aromatic heterocycles. The Bertz CT molecular complexity index is 968. The minimum Gasteiger partial charge on any atom is -0.497 e. The molecular weight excluding hydrogens is 378 g/mol. The number of nitrogens with zero attached hydrogens (tertiary/aromatic N) is 2. The molecule has 0 radical (unpaired) electrons. The number of nitrogens with one attached hydrogen (secondary N) is 1. The highest BCUT2D eigenvalue weighted by atomic mass is 32.1. The fourth-order valence-corrected chi connectivity index (χ4v) is 3.20. The molecule has 0 saturated carbocycles. The molecule has 1 atom stereocenters. The van der Waals surface area contributed by atoms with E-state index in [1.54, 1.807) is 55.7 Å². The van der Waals surface area contributed by atoms with Gasteiger partial charge in [0.25, 0.3) is 11.5 Å². The number of thiophene rings is 1. The second-order valence-electron chi connectivity index (χ2n) is 5.98. The van der Waals surface area contributed by atoms with Crippen LogP contribution in [0, 0.1) is 0 Å². The molecule has 0 saturated heterocycles. The minimum atomic E-state index is -0.671. The Hall–Kier alpha value is -3.13. The fourth-order valence-electron chi connectivity index (χ4n) is 2.51. The van der Waals surface area contributed by atoms with E-state index < -0.39 is 6.10 Å². The van der Waals surface area contributed by atoms with E-state index in [0.717, 1.165) is 10.6 Å². The van der Waals surface area contributed by atoms with E-state index in [-0.39, 0.29) is 24.6 Å². The molecule has 1 amide bonds. The number of aromatic nitrogens is 2. The molecule has 1 aromatic carbocycles. The van der Waals surface area contributed by atoms with E-state index in [9.17, 15) is 9.59 Å². The third-order valence-corrected chi connectivity index (χ3v) is 4.90. The van der Waals surface area contributed by atoms with Crippen LogP contribution in [0.2, 0.25) is 0 Å². The van der Waals surface area contributed by atoms with Crippen LogP contribution in [0.1, 0.15) is 6.92 Å². The van der Waals surface area contributed by atoms with Crippen LogP contribution in [0.3, 0.4) is 0 Å². The van der Waals surface area contributed by atoms with E-state index >= 15 is 0 Å². The molecule has 8 heteroatoms. The molecule has 1 unspecified atom stereocenters. The molecule has 3 aromatic rings. The largest absolute Gasteiger partial charge is 0.497 e. The predicted octanol–water partition coefficient (Wildman–Crippen LogP) is 2.56. The lowest BCUT2D eigenvalue weighted by Crippen LogP contribution is -2.39. The zero-order valence-electron chi connectivity index (χ0n) is 15.6. The van der Waals surface area contributed by atoms with Gasteiger partial charge in [-0.25, -0.2) is 4.68 Å². The van der Waals surface area contributed by atoms with Crippen LogP contribution in [-0.2, 0) is 11.3 Å². The number of rotatable bonds is 8. The van der Waals surface area contributed by atoms with Crippen LogP contribution in [0.4, 0.5) is 0 Å². The van der Waals surface area contributed by atoms with Crippen molar-refractivity contribution in [1.29, 1.82) is 0 Å². The first kappa shape index (κ1) is 19.6. The van der Waals surface area contributed by atoms with Gasteiger partial charge in [0.15, 0.2) is 6.10 Å². The van der Waals surface area contributed by atoms with Gasteiger partial charge in [0.05, 0.1) is 18.5 Å². The average Bonchev–Trinajstić information content (AvgIpc) is 3.24. The summed E-state index contributed by atoms with van der Waals surface area (Å²) in [5, 5.41) is 9.09. The smallest absolute Gasteiger partial charge is 0.266 e. The van der Waals surface area contributed by atoms with Crippen molar-refractivity contribution in [2.75, 3.05) is 13.7 Å². The molecule has 28 heavy (non-hydrogen) atoms. The normalized spacial score (nSPS) is 11.6. The van der Waals surface area contributed by atoms with Crippen LogP contribution < -0.4 is 20.3 Å². The molecule has 146 valence electrons. The third-order valence-electron chi connectivity index (χ3n) is 4.00. The second kappa shape index (κ2) is 9.18. The summed E-state index contributed by atoms with van der Waals surface area (Å²) in [6.07, 6.45) is -0.671. The van der Waals surface area contributed by atoms with Crippen molar-refractivity contribution < 1.29 is 14.3 Å². The maximum atomic E-state index is 12.2. The summed E-state index contributed by atoms with van der Waals surface area (Å²) in [6, 6.07) is 14.1. The van der Waals surface area contributed by atoms with E-state index in [1.807, 2.05) is 17.5 Å². The summed E-state index contributed by atoms with van der Waals surface area (Å²) in [4.78, 5) is 25.2. The van der Waals surface area contributed by atoms with Gasteiger partial charge in [-0.1, -0.05) is 6.07 Å². The number of hydrogen-bond donors (Lipinski definition) is 1. The summed E-state index contributed by atoms with van der Waals surface area (Å²) in [5.41, 5.74) is 0.522. The molecule has 3 rings (SSSR count). The quantitative estimate of drug-likeness (QED) is 0.630. The fraction of sp³-hybridized carbons (Fsp3) is 0.250. The zero-order valence-corrected chi connectivity index (χ0v) is 16.4. The molecular formula is C20H21N3O4S. The second-order valence-corrected chi connectivity index (χ2v) is 6.93. The van der Waals surface area contributed by atoms with Gasteiger partial charge in [-0.15, -0.1) is 11.3 Å². The topological polar surface area (TPSA) is 82.4 Å². The molecule has 0 fully saturated rings. The van der Waals surface area contributed by atoms with Crippen molar-refractivity contribution in [1.82, 2.24) is 15.1 Å². The molecule has 2 heterocycles. The summed E-state index contributed by atoms with van der Waals surface area (Å²) >= 11 is 1.55. The van der Waals surface area contributed by atoms with Crippen molar-refractivity contribution in [3.8, 4) is 22.1 Å². The average molecular weight is 399 g/mol. The first-order chi connectivity index (χ1) is 13.6. The van der Waals surface area contributed by atoms with Gasteiger partial charge in [0.2, 0.25) is 0 Å². The van der Waals surface area contributed by atoms with E-state index in [0.29, 0.717) is 11.5 Å². The maximum Gasteiger partial charge on any atom is 0.266 e. The SMILES string of the molecule is COc1ccc(OC(C)C(=O)NCCn2nc(-c3cccs3)ccc2=O)cc1. The molecule has 0 bridgehead atoms. The van der Waals surface area contributed by atoms with Crippen LogP contribution in [-0.4, -0.2) is 35.4 Å². The highest BCUT2D eigenvalue weighted by Gasteiger charge is 2.14. The number of amides is 1. The Morgan fingerprint density at radius 2 is 1.93 bits per heavy atom. The van der Waals surface area contributed by atoms with Gasteiger partial charge in [-0.2, -0.15) is 5.10 Å². The van der Waals surface area contributed by atoms with Gasteiger partial charge in [-0.05, 0) is 48.7 Å². The van der Waals surface area contributed by atoms with Crippen LogP contribution in [0.15, 0.2) is 58.7 Å². The Morgan fingerprint density at radius 1 is 1.18 bits per heavy atom. The lowest BCUT2D eigenvalue weighted by molar-refractivity contribution is -0.127. The highest BCUT2D eigenvalue weighted by molar-refractivity contribution is 7.13. The minimum absolute atomic E-state index is 0.211. The van der Waals surface area contributed by atoms with Crippen LogP contribution in [0.5, 0.6) is 11.5 Å². The number of hydrogen-bond acceptors (Lipinski definition) is 6. The first-order valence-electron chi connectivity index (χ1n) is 8.77. The Morgan fingerprint density at radius 3 is 2.61 bits per heavy atom. The summed E-state index contributed by atoms with van der Waals surface area (Å²) in [5.74, 6) is 1.02. The molecule has 1 N–H and O–H groups in total. The summed E-state index contributed by atoms with van der Waals surface area (Å²) < 4.78 is 12.1. The van der Waals surface area contributed by atoms with Gasteiger partial charge >= 0.3 is 0 Å². The highest BCUT2D eigenvalue weighted by Crippen LogP contribution is 2.21. The monoisotopic (exact) mass is 399 g/mol. The maximum absolute atomic E-state index is 12.2. The zero-order chi connectivity index (χ0) is 19.9. The Labute approximate surface area is 166 Å². The van der Waals surface area contributed by atoms with Crippen molar-refractivity contribution in [3.05, 3.63) is 64.3 Å². The van der Waals surface area contributed by atoms with E-state index in [4.69, 9.17) is 9.47 Å². The van der Waals surface area contributed by atoms with Crippen LogP contribution in [0.25, 0.3) is 10.6 Å². The standard InChI is InChI=1S/C20H21N3O4S/c1-14(27-16-7-5-15(26-2)6-8-16)20(25)21-11-12-23-19(24)10-9-17(22-23)18-4-3-13-28-18/h3-10,13-14H,11-12H2,1-2H3,(H,21,25). The third kappa shape index (κ3) is 4.98. The summed E-state index contributed by atoms with van der Waals surface area (Å²) in [6.45, 7) is 2.22. The van der Waals surface area contributed by atoms with Gasteiger partial charge in [0.1, 0.15) is 17.2 Å². The molecule has 0 aliphatic carbocycles.